The van der Waals surface area contributed by atoms with Crippen LogP contribution in [0.2, 0.25) is 0 Å². The van der Waals surface area contributed by atoms with E-state index < -0.39 is 6.36 Å². The number of halogens is 3. The SMILES string of the molecule is CNCc1c(C)nn(-c2ccc(OC(F)(F)F)cc2)c1C. The first-order valence-electron chi connectivity index (χ1n) is 6.37. The van der Waals surface area contributed by atoms with Crippen LogP contribution in [0, 0.1) is 13.8 Å². The first-order chi connectivity index (χ1) is 9.81. The Morgan fingerprint density at radius 3 is 2.33 bits per heavy atom. The number of hydrogen-bond acceptors (Lipinski definition) is 3. The molecule has 0 aliphatic rings. The standard InChI is InChI=1S/C14H16F3N3O/c1-9-13(8-18-3)10(2)20(19-9)11-4-6-12(7-5-11)21-14(15,16)17/h4-7,18H,8H2,1-3H3. The molecule has 1 N–H and O–H groups in total. The summed E-state index contributed by atoms with van der Waals surface area (Å²) in [6.07, 6.45) is -4.68. The van der Waals surface area contributed by atoms with E-state index in [0.29, 0.717) is 12.2 Å². The van der Waals surface area contributed by atoms with Gasteiger partial charge in [-0.25, -0.2) is 4.68 Å². The highest BCUT2D eigenvalue weighted by Crippen LogP contribution is 2.24. The van der Waals surface area contributed by atoms with Crippen molar-refractivity contribution >= 4 is 0 Å². The second-order valence-corrected chi connectivity index (χ2v) is 4.63. The van der Waals surface area contributed by atoms with E-state index in [1.165, 1.54) is 12.1 Å². The number of nitrogens with zero attached hydrogens (tertiary/aromatic N) is 2. The Hall–Kier alpha value is -2.02. The molecule has 1 heterocycles. The molecule has 1 aromatic heterocycles. The molecule has 0 saturated heterocycles. The Balaban J connectivity index is 2.29. The van der Waals surface area contributed by atoms with Gasteiger partial charge in [-0.15, -0.1) is 13.2 Å². The topological polar surface area (TPSA) is 39.1 Å². The van der Waals surface area contributed by atoms with Gasteiger partial charge in [0.2, 0.25) is 0 Å². The van der Waals surface area contributed by atoms with Crippen LogP contribution in [0.25, 0.3) is 5.69 Å². The summed E-state index contributed by atoms with van der Waals surface area (Å²) in [4.78, 5) is 0. The molecule has 114 valence electrons. The van der Waals surface area contributed by atoms with Crippen molar-refractivity contribution in [2.24, 2.45) is 0 Å². The lowest BCUT2D eigenvalue weighted by Gasteiger charge is -2.10. The molecule has 7 heteroatoms. The van der Waals surface area contributed by atoms with Crippen molar-refractivity contribution < 1.29 is 17.9 Å². The molecule has 0 radical (unpaired) electrons. The van der Waals surface area contributed by atoms with Gasteiger partial charge in [-0.05, 0) is 45.2 Å². The second kappa shape index (κ2) is 5.77. The van der Waals surface area contributed by atoms with E-state index in [-0.39, 0.29) is 5.75 Å². The lowest BCUT2D eigenvalue weighted by atomic mass is 10.2. The summed E-state index contributed by atoms with van der Waals surface area (Å²) >= 11 is 0. The van der Waals surface area contributed by atoms with Crippen LogP contribution in [-0.2, 0) is 6.54 Å². The molecule has 0 unspecified atom stereocenters. The number of hydrogen-bond donors (Lipinski definition) is 1. The monoisotopic (exact) mass is 299 g/mol. The van der Waals surface area contributed by atoms with Gasteiger partial charge in [0.15, 0.2) is 0 Å². The van der Waals surface area contributed by atoms with E-state index in [1.807, 2.05) is 20.9 Å². The van der Waals surface area contributed by atoms with Gasteiger partial charge in [0.05, 0.1) is 11.4 Å². The molecule has 2 aromatic rings. The van der Waals surface area contributed by atoms with E-state index in [2.05, 4.69) is 15.2 Å². The Kier molecular flexibility index (Phi) is 4.22. The van der Waals surface area contributed by atoms with E-state index >= 15 is 0 Å². The maximum absolute atomic E-state index is 12.1. The van der Waals surface area contributed by atoms with Crippen LogP contribution >= 0.6 is 0 Å². The number of aryl methyl sites for hydroxylation is 1. The molecule has 0 spiro atoms. The van der Waals surface area contributed by atoms with Crippen LogP contribution in [-0.4, -0.2) is 23.2 Å². The highest BCUT2D eigenvalue weighted by atomic mass is 19.4. The van der Waals surface area contributed by atoms with Crippen molar-refractivity contribution in [2.75, 3.05) is 7.05 Å². The molecule has 4 nitrogen and oxygen atoms in total. The molecule has 2 rings (SSSR count). The first-order valence-corrected chi connectivity index (χ1v) is 6.37. The van der Waals surface area contributed by atoms with Crippen LogP contribution in [0.3, 0.4) is 0 Å². The summed E-state index contributed by atoms with van der Waals surface area (Å²) in [7, 11) is 1.85. The lowest BCUT2D eigenvalue weighted by molar-refractivity contribution is -0.274. The van der Waals surface area contributed by atoms with Gasteiger partial charge in [0.25, 0.3) is 0 Å². The number of alkyl halides is 3. The van der Waals surface area contributed by atoms with Crippen molar-refractivity contribution in [1.82, 2.24) is 15.1 Å². The molecule has 21 heavy (non-hydrogen) atoms. The summed E-state index contributed by atoms with van der Waals surface area (Å²) in [5.74, 6) is -0.247. The molecule has 0 saturated carbocycles. The third-order valence-electron chi connectivity index (χ3n) is 3.11. The predicted molar refractivity (Wildman–Crippen MR) is 72.5 cm³/mol. The average Bonchev–Trinajstić information content (AvgIpc) is 2.66. The van der Waals surface area contributed by atoms with Gasteiger partial charge < -0.3 is 10.1 Å². The molecule has 0 atom stereocenters. The summed E-state index contributed by atoms with van der Waals surface area (Å²) in [6.45, 7) is 4.51. The number of benzene rings is 1. The molecule has 0 fully saturated rings. The first kappa shape index (κ1) is 15.4. The van der Waals surface area contributed by atoms with Gasteiger partial charge in [0, 0.05) is 17.8 Å². The van der Waals surface area contributed by atoms with E-state index in [1.54, 1.807) is 16.8 Å². The molecule has 1 aromatic carbocycles. The second-order valence-electron chi connectivity index (χ2n) is 4.63. The van der Waals surface area contributed by atoms with Gasteiger partial charge in [0.1, 0.15) is 5.75 Å². The largest absolute Gasteiger partial charge is 0.573 e. The third kappa shape index (κ3) is 3.55. The highest BCUT2D eigenvalue weighted by Gasteiger charge is 2.31. The minimum absolute atomic E-state index is 0.247. The number of aromatic nitrogens is 2. The minimum atomic E-state index is -4.68. The number of ether oxygens (including phenoxy) is 1. The Morgan fingerprint density at radius 2 is 1.81 bits per heavy atom. The maximum atomic E-state index is 12.1. The van der Waals surface area contributed by atoms with Crippen LogP contribution in [0.4, 0.5) is 13.2 Å². The lowest BCUT2D eigenvalue weighted by Crippen LogP contribution is -2.17. The predicted octanol–water partition coefficient (Wildman–Crippen LogP) is 3.11. The molecule has 0 aliphatic carbocycles. The molecular weight excluding hydrogens is 283 g/mol. The van der Waals surface area contributed by atoms with E-state index in [4.69, 9.17) is 0 Å². The zero-order chi connectivity index (χ0) is 15.6. The number of nitrogens with one attached hydrogen (secondary N) is 1. The fraction of sp³-hybridized carbons (Fsp3) is 0.357. The quantitative estimate of drug-likeness (QED) is 0.943. The van der Waals surface area contributed by atoms with Gasteiger partial charge in [-0.1, -0.05) is 0 Å². The summed E-state index contributed by atoms with van der Waals surface area (Å²) < 4.78 is 41.9. The molecule has 0 bridgehead atoms. The Labute approximate surface area is 120 Å². The third-order valence-corrected chi connectivity index (χ3v) is 3.11. The zero-order valence-electron chi connectivity index (χ0n) is 12.0. The normalized spacial score (nSPS) is 11.7. The number of rotatable bonds is 4. The summed E-state index contributed by atoms with van der Waals surface area (Å²) in [5.41, 5.74) is 3.60. The molecule has 0 amide bonds. The highest BCUT2D eigenvalue weighted by molar-refractivity contribution is 5.40. The average molecular weight is 299 g/mol. The smallest absolute Gasteiger partial charge is 0.406 e. The molecular formula is C14H16F3N3O. The zero-order valence-corrected chi connectivity index (χ0v) is 12.0. The van der Waals surface area contributed by atoms with Gasteiger partial charge in [-0.2, -0.15) is 5.10 Å². The Bertz CT molecular complexity index is 618. The summed E-state index contributed by atoms with van der Waals surface area (Å²) in [6, 6.07) is 5.64. The van der Waals surface area contributed by atoms with Crippen molar-refractivity contribution in [3.63, 3.8) is 0 Å². The van der Waals surface area contributed by atoms with Crippen LogP contribution in [0.15, 0.2) is 24.3 Å². The fourth-order valence-electron chi connectivity index (χ4n) is 2.15. The van der Waals surface area contributed by atoms with Crippen molar-refractivity contribution in [2.45, 2.75) is 26.8 Å². The van der Waals surface area contributed by atoms with E-state index in [0.717, 1.165) is 17.0 Å². The van der Waals surface area contributed by atoms with Crippen LogP contribution in [0.1, 0.15) is 17.0 Å². The maximum Gasteiger partial charge on any atom is 0.573 e. The van der Waals surface area contributed by atoms with Crippen molar-refractivity contribution in [1.29, 1.82) is 0 Å². The van der Waals surface area contributed by atoms with Gasteiger partial charge >= 0.3 is 6.36 Å². The van der Waals surface area contributed by atoms with E-state index in [9.17, 15) is 13.2 Å². The van der Waals surface area contributed by atoms with Crippen molar-refractivity contribution in [3.05, 3.63) is 41.2 Å². The van der Waals surface area contributed by atoms with Crippen LogP contribution < -0.4 is 10.1 Å². The summed E-state index contributed by atoms with van der Waals surface area (Å²) in [5, 5.41) is 7.48. The minimum Gasteiger partial charge on any atom is -0.406 e. The van der Waals surface area contributed by atoms with Crippen molar-refractivity contribution in [3.8, 4) is 11.4 Å². The molecule has 0 aliphatic heterocycles. The fourth-order valence-corrected chi connectivity index (χ4v) is 2.15. The Morgan fingerprint density at radius 1 is 1.19 bits per heavy atom. The van der Waals surface area contributed by atoms with Gasteiger partial charge in [-0.3, -0.25) is 0 Å². The van der Waals surface area contributed by atoms with Crippen LogP contribution in [0.5, 0.6) is 5.75 Å².